The van der Waals surface area contributed by atoms with Crippen molar-refractivity contribution in [2.24, 2.45) is 0 Å². The lowest BCUT2D eigenvalue weighted by molar-refractivity contribution is 0.0949. The average Bonchev–Trinajstić information content (AvgIpc) is 2.60. The third kappa shape index (κ3) is 5.41. The lowest BCUT2D eigenvalue weighted by Crippen LogP contribution is -2.39. The lowest BCUT2D eigenvalue weighted by atomic mass is 10.0. The minimum absolute atomic E-state index is 0.0201. The number of carbonyl (C=O) groups is 1. The Balaban J connectivity index is 1.91. The summed E-state index contributed by atoms with van der Waals surface area (Å²) in [5.74, 6) is -0.357. The number of rotatable bonds is 7. The smallest absolute Gasteiger partial charge is 0.252 e. The van der Waals surface area contributed by atoms with Crippen molar-refractivity contribution in [2.75, 3.05) is 26.7 Å². The van der Waals surface area contributed by atoms with E-state index in [9.17, 15) is 13.2 Å². The highest BCUT2D eigenvalue weighted by molar-refractivity contribution is 7.89. The molecular weight excluding hydrogens is 362 g/mol. The van der Waals surface area contributed by atoms with E-state index in [1.54, 1.807) is 0 Å². The Hall–Kier alpha value is -1.15. The Kier molecular flexibility index (Phi) is 7.25. The van der Waals surface area contributed by atoms with E-state index < -0.39 is 10.0 Å². The molecule has 1 atom stereocenters. The molecule has 1 saturated heterocycles. The minimum atomic E-state index is -3.61. The topological polar surface area (TPSA) is 78.5 Å². The van der Waals surface area contributed by atoms with E-state index in [0.29, 0.717) is 12.6 Å². The average molecular weight is 388 g/mol. The number of halogens is 1. The molecule has 2 rings (SSSR count). The number of carbonyl (C=O) groups excluding carboxylic acids is 1. The van der Waals surface area contributed by atoms with Crippen LogP contribution in [0.2, 0.25) is 5.02 Å². The number of amides is 1. The van der Waals surface area contributed by atoms with Gasteiger partial charge in [0.25, 0.3) is 5.91 Å². The van der Waals surface area contributed by atoms with Crippen LogP contribution < -0.4 is 10.0 Å². The molecule has 0 radical (unpaired) electrons. The highest BCUT2D eigenvalue weighted by Gasteiger charge is 2.19. The van der Waals surface area contributed by atoms with E-state index in [4.69, 9.17) is 11.6 Å². The van der Waals surface area contributed by atoms with Crippen LogP contribution in [0.25, 0.3) is 0 Å². The first kappa shape index (κ1) is 20.2. The van der Waals surface area contributed by atoms with Gasteiger partial charge in [0.15, 0.2) is 0 Å². The zero-order chi connectivity index (χ0) is 18.4. The lowest BCUT2D eigenvalue weighted by Gasteiger charge is -2.33. The summed E-state index contributed by atoms with van der Waals surface area (Å²) in [6.07, 6.45) is 4.61. The Morgan fingerprint density at radius 3 is 2.80 bits per heavy atom. The molecule has 8 heteroatoms. The normalized spacial score (nSPS) is 18.9. The summed E-state index contributed by atoms with van der Waals surface area (Å²) >= 11 is 6.05. The van der Waals surface area contributed by atoms with Crippen LogP contribution >= 0.6 is 11.6 Å². The maximum absolute atomic E-state index is 12.3. The van der Waals surface area contributed by atoms with Gasteiger partial charge in [-0.1, -0.05) is 18.0 Å². The maximum Gasteiger partial charge on any atom is 0.252 e. The van der Waals surface area contributed by atoms with E-state index >= 15 is 0 Å². The summed E-state index contributed by atoms with van der Waals surface area (Å²) in [6, 6.07) is 4.71. The molecule has 1 amide bonds. The predicted octanol–water partition coefficient (Wildman–Crippen LogP) is 2.24. The fourth-order valence-electron chi connectivity index (χ4n) is 3.03. The summed E-state index contributed by atoms with van der Waals surface area (Å²) in [7, 11) is -2.29. The number of sulfonamides is 1. The van der Waals surface area contributed by atoms with E-state index in [2.05, 4.69) is 21.9 Å². The van der Waals surface area contributed by atoms with Gasteiger partial charge in [0.05, 0.1) is 15.5 Å². The van der Waals surface area contributed by atoms with E-state index in [1.165, 1.54) is 44.5 Å². The number of piperidine rings is 1. The summed E-state index contributed by atoms with van der Waals surface area (Å²) in [5, 5.41) is 3.06. The number of nitrogens with zero attached hydrogens (tertiary/aromatic N) is 1. The first-order valence-corrected chi connectivity index (χ1v) is 10.5. The first-order valence-electron chi connectivity index (χ1n) is 8.60. The standard InChI is InChI=1S/C17H26ClN3O3S/c1-13-6-3-4-10-21(13)11-5-9-20-17(22)15-12-14(7-8-16(15)18)25(23,24)19-2/h7-8,12-13,19H,3-6,9-11H2,1-2H3,(H,20,22)/t13-/m0/s1. The zero-order valence-electron chi connectivity index (χ0n) is 14.7. The Labute approximate surface area is 155 Å². The second-order valence-electron chi connectivity index (χ2n) is 6.34. The van der Waals surface area contributed by atoms with Gasteiger partial charge in [0.1, 0.15) is 0 Å². The molecule has 1 aliphatic rings. The Morgan fingerprint density at radius 2 is 2.12 bits per heavy atom. The van der Waals surface area contributed by atoms with Gasteiger partial charge < -0.3 is 10.2 Å². The van der Waals surface area contributed by atoms with E-state index in [-0.39, 0.29) is 21.4 Å². The van der Waals surface area contributed by atoms with Gasteiger partial charge in [0, 0.05) is 19.1 Å². The molecule has 0 aromatic heterocycles. The van der Waals surface area contributed by atoms with Crippen LogP contribution in [-0.4, -0.2) is 51.9 Å². The monoisotopic (exact) mass is 387 g/mol. The quantitative estimate of drug-likeness (QED) is 0.703. The highest BCUT2D eigenvalue weighted by atomic mass is 35.5. The maximum atomic E-state index is 12.3. The summed E-state index contributed by atoms with van der Waals surface area (Å²) < 4.78 is 26.0. The number of likely N-dealkylation sites (tertiary alicyclic amines) is 1. The fraction of sp³-hybridized carbons (Fsp3) is 0.588. The van der Waals surface area contributed by atoms with Gasteiger partial charge in [-0.05, 0) is 58.0 Å². The number of benzene rings is 1. The second kappa shape index (κ2) is 8.98. The SMILES string of the molecule is CNS(=O)(=O)c1ccc(Cl)c(C(=O)NCCCN2CCCC[C@@H]2C)c1. The van der Waals surface area contributed by atoms with Crippen LogP contribution in [0.15, 0.2) is 23.1 Å². The van der Waals surface area contributed by atoms with E-state index in [1.807, 2.05) is 0 Å². The molecular formula is C17H26ClN3O3S. The molecule has 0 spiro atoms. The minimum Gasteiger partial charge on any atom is -0.352 e. The highest BCUT2D eigenvalue weighted by Crippen LogP contribution is 2.20. The van der Waals surface area contributed by atoms with Gasteiger partial charge >= 0.3 is 0 Å². The number of hydrogen-bond donors (Lipinski definition) is 2. The van der Waals surface area contributed by atoms with Crippen LogP contribution in [-0.2, 0) is 10.0 Å². The third-order valence-electron chi connectivity index (χ3n) is 4.61. The van der Waals surface area contributed by atoms with Gasteiger partial charge in [-0.25, -0.2) is 13.1 Å². The van der Waals surface area contributed by atoms with Crippen LogP contribution in [0.4, 0.5) is 0 Å². The molecule has 25 heavy (non-hydrogen) atoms. The fourth-order valence-corrected chi connectivity index (χ4v) is 3.99. The van der Waals surface area contributed by atoms with Gasteiger partial charge in [-0.3, -0.25) is 4.79 Å². The van der Waals surface area contributed by atoms with Gasteiger partial charge in [-0.2, -0.15) is 0 Å². The van der Waals surface area contributed by atoms with Crippen molar-refractivity contribution in [1.82, 2.24) is 14.9 Å². The summed E-state index contributed by atoms with van der Waals surface area (Å²) in [6.45, 7) is 4.83. The molecule has 1 fully saturated rings. The van der Waals surface area contributed by atoms with Crippen molar-refractivity contribution in [2.45, 2.75) is 43.5 Å². The van der Waals surface area contributed by atoms with Crippen LogP contribution in [0.1, 0.15) is 43.0 Å². The molecule has 0 aliphatic carbocycles. The molecule has 6 nitrogen and oxygen atoms in total. The van der Waals surface area contributed by atoms with Crippen LogP contribution in [0, 0.1) is 0 Å². The van der Waals surface area contributed by atoms with Crippen molar-refractivity contribution < 1.29 is 13.2 Å². The molecule has 1 aliphatic heterocycles. The molecule has 140 valence electrons. The number of hydrogen-bond acceptors (Lipinski definition) is 4. The largest absolute Gasteiger partial charge is 0.352 e. The molecule has 1 aromatic carbocycles. The summed E-state index contributed by atoms with van der Waals surface area (Å²) in [4.78, 5) is 14.8. The molecule has 2 N–H and O–H groups in total. The van der Waals surface area contributed by atoms with Crippen LogP contribution in [0.3, 0.4) is 0 Å². The first-order chi connectivity index (χ1) is 11.8. The second-order valence-corrected chi connectivity index (χ2v) is 8.63. The Morgan fingerprint density at radius 1 is 1.36 bits per heavy atom. The molecule has 0 saturated carbocycles. The molecule has 1 aromatic rings. The third-order valence-corrected chi connectivity index (χ3v) is 6.35. The molecule has 0 unspecified atom stereocenters. The predicted molar refractivity (Wildman–Crippen MR) is 99.5 cm³/mol. The van der Waals surface area contributed by atoms with E-state index in [0.717, 1.165) is 19.5 Å². The molecule has 0 bridgehead atoms. The summed E-state index contributed by atoms with van der Waals surface area (Å²) in [5.41, 5.74) is 0.171. The van der Waals surface area contributed by atoms with Crippen molar-refractivity contribution in [1.29, 1.82) is 0 Å². The van der Waals surface area contributed by atoms with Gasteiger partial charge in [-0.15, -0.1) is 0 Å². The number of nitrogens with one attached hydrogen (secondary N) is 2. The van der Waals surface area contributed by atoms with Crippen LogP contribution in [0.5, 0.6) is 0 Å². The van der Waals surface area contributed by atoms with Crippen molar-refractivity contribution in [3.05, 3.63) is 28.8 Å². The zero-order valence-corrected chi connectivity index (χ0v) is 16.3. The van der Waals surface area contributed by atoms with Crippen molar-refractivity contribution in [3.8, 4) is 0 Å². The molecule has 1 heterocycles. The Bertz CT molecular complexity index is 709. The van der Waals surface area contributed by atoms with Gasteiger partial charge in [0.2, 0.25) is 10.0 Å². The van der Waals surface area contributed by atoms with Crippen molar-refractivity contribution >= 4 is 27.5 Å². The van der Waals surface area contributed by atoms with Crippen molar-refractivity contribution in [3.63, 3.8) is 0 Å².